The first kappa shape index (κ1) is 11.1. The Balaban J connectivity index is 0.000000354. The van der Waals surface area contributed by atoms with Crippen LogP contribution in [0.1, 0.15) is 0 Å². The van der Waals surface area contributed by atoms with E-state index in [-0.39, 0.29) is 0 Å². The molecule has 0 aromatic carbocycles. The van der Waals surface area contributed by atoms with E-state index < -0.39 is 11.5 Å². The summed E-state index contributed by atoms with van der Waals surface area (Å²) in [5.74, 6) is 0. The molecule has 0 aliphatic carbocycles. The van der Waals surface area contributed by atoms with Crippen molar-refractivity contribution in [3.8, 4) is 0 Å². The van der Waals surface area contributed by atoms with Gasteiger partial charge in [0.15, 0.2) is 0 Å². The van der Waals surface area contributed by atoms with Gasteiger partial charge in [0.25, 0.3) is 0 Å². The minimum atomic E-state index is -0.917. The topological polar surface area (TPSA) is 40.9 Å². The summed E-state index contributed by atoms with van der Waals surface area (Å²) in [7, 11) is 0. The molecule has 0 fully saturated rings. The minimum Gasteiger partial charge on any atom is -0.258 e. The van der Waals surface area contributed by atoms with Crippen molar-refractivity contribution in [1.82, 2.24) is 0 Å². The van der Waals surface area contributed by atoms with Crippen LogP contribution in [0.5, 0.6) is 0 Å². The lowest BCUT2D eigenvalue weighted by molar-refractivity contribution is 0.697. The molecule has 0 amide bonds. The lowest BCUT2D eigenvalue weighted by Gasteiger charge is -1.59. The van der Waals surface area contributed by atoms with Gasteiger partial charge in [-0.3, -0.25) is 8.99 Å². The molecule has 0 saturated carbocycles. The highest BCUT2D eigenvalue weighted by molar-refractivity contribution is 7.53. The van der Waals surface area contributed by atoms with Crippen molar-refractivity contribution in [2.24, 2.45) is 0 Å². The van der Waals surface area contributed by atoms with Gasteiger partial charge in [-0.1, -0.05) is 36.4 Å². The predicted molar refractivity (Wildman–Crippen MR) is 55.6 cm³/mol. The zero-order valence-corrected chi connectivity index (χ0v) is 8.25. The molecule has 2 nitrogen and oxygen atoms in total. The summed E-state index contributed by atoms with van der Waals surface area (Å²) in [5.41, 5.74) is 0. The Morgan fingerprint density at radius 2 is 1.25 bits per heavy atom. The third kappa shape index (κ3) is 9.13. The van der Waals surface area contributed by atoms with Gasteiger partial charge in [-0.15, -0.1) is 0 Å². The van der Waals surface area contributed by atoms with Gasteiger partial charge in [0.2, 0.25) is 0 Å². The highest BCUT2D eigenvalue weighted by Crippen LogP contribution is 1.88. The first-order chi connectivity index (χ1) is 5.91. The van der Waals surface area contributed by atoms with Crippen LogP contribution in [0.3, 0.4) is 0 Å². The monoisotopic (exact) mass is 201 g/mol. The van der Waals surface area contributed by atoms with E-state index in [1.807, 2.05) is 47.2 Å². The van der Waals surface area contributed by atoms with E-state index in [0.29, 0.717) is 0 Å². The smallest absolute Gasteiger partial charge is 0.0218 e. The molecule has 0 aliphatic rings. The Morgan fingerprint density at radius 1 is 0.917 bits per heavy atom. The fraction of sp³-hybridized carbons (Fsp3) is 0. The second-order valence-corrected chi connectivity index (χ2v) is 2.69. The highest BCUT2D eigenvalue weighted by Gasteiger charge is 1.58. The largest absolute Gasteiger partial charge is 0.258 e. The highest BCUT2D eigenvalue weighted by atomic mass is 32.1. The zero-order chi connectivity index (χ0) is 9.07. The fourth-order valence-corrected chi connectivity index (χ4v) is 0.937. The standard InChI is InChI=1S/C8H8S.H3NOS/c1-2-4-6-8-9-7-5-3-1;1-3-2/h1-8H;1H,3H2. The molecule has 1 N–H and O–H groups in total. The van der Waals surface area contributed by atoms with Crippen LogP contribution in [0.25, 0.3) is 0 Å². The van der Waals surface area contributed by atoms with Crippen LogP contribution in [-0.4, -0.2) is 4.21 Å². The number of nitrogens with one attached hydrogen (secondary N) is 1. The molecular weight excluding hydrogens is 190 g/mol. The van der Waals surface area contributed by atoms with E-state index in [1.165, 1.54) is 0 Å². The Labute approximate surface area is 79.3 Å². The van der Waals surface area contributed by atoms with E-state index >= 15 is 0 Å². The minimum absolute atomic E-state index is 0.917. The van der Waals surface area contributed by atoms with E-state index in [9.17, 15) is 0 Å². The molecule has 0 saturated heterocycles. The van der Waals surface area contributed by atoms with Crippen LogP contribution in [0.2, 0.25) is 0 Å². The molecule has 0 spiro atoms. The molecule has 12 heavy (non-hydrogen) atoms. The molecule has 1 aromatic heterocycles. The van der Waals surface area contributed by atoms with Crippen molar-refractivity contribution < 1.29 is 4.21 Å². The molecule has 0 unspecified atom stereocenters. The molecule has 0 atom stereocenters. The van der Waals surface area contributed by atoms with E-state index in [0.717, 1.165) is 0 Å². The summed E-state index contributed by atoms with van der Waals surface area (Å²) in [6.45, 7) is 0. The lowest BCUT2D eigenvalue weighted by atomic mass is 10.5. The van der Waals surface area contributed by atoms with Crippen molar-refractivity contribution in [3.05, 3.63) is 47.2 Å². The molecule has 66 valence electrons. The van der Waals surface area contributed by atoms with Gasteiger partial charge in [-0.25, -0.2) is 0 Å². The molecule has 1 rings (SSSR count). The maximum absolute atomic E-state index is 8.62. The van der Waals surface area contributed by atoms with Crippen molar-refractivity contribution in [2.75, 3.05) is 0 Å². The average Bonchev–Trinajstić information content (AvgIpc) is 2.19. The normalized spacial score (nSPS) is 8.33. The summed E-state index contributed by atoms with van der Waals surface area (Å²) in [4.78, 5) is 0. The van der Waals surface area contributed by atoms with Crippen molar-refractivity contribution >= 4 is 22.8 Å². The second kappa shape index (κ2) is 10.1. The first-order valence-electron chi connectivity index (χ1n) is 3.26. The molecule has 0 radical (unpaired) electrons. The van der Waals surface area contributed by atoms with Crippen LogP contribution >= 0.6 is 11.3 Å². The molecular formula is C8H11NOS2. The van der Waals surface area contributed by atoms with E-state index in [4.69, 9.17) is 8.99 Å². The Morgan fingerprint density at radius 3 is 1.67 bits per heavy atom. The van der Waals surface area contributed by atoms with Crippen LogP contribution in [-0.2, 0) is 11.5 Å². The van der Waals surface area contributed by atoms with Gasteiger partial charge in [0, 0.05) is 11.5 Å². The Kier molecular flexibility index (Phi) is 9.40. The maximum Gasteiger partial charge on any atom is 0.0218 e. The fourth-order valence-electron chi connectivity index (χ4n) is 0.483. The van der Waals surface area contributed by atoms with E-state index in [2.05, 4.69) is 0 Å². The summed E-state index contributed by atoms with van der Waals surface area (Å²) < 4.78 is 14.3. The van der Waals surface area contributed by atoms with Gasteiger partial charge in [-0.05, 0) is 10.8 Å². The zero-order valence-electron chi connectivity index (χ0n) is 6.44. The third-order valence-electron chi connectivity index (χ3n) is 0.870. The Hall–Kier alpha value is -0.870. The van der Waals surface area contributed by atoms with Gasteiger partial charge in [0.1, 0.15) is 0 Å². The quantitative estimate of drug-likeness (QED) is 0.687. The lowest BCUT2D eigenvalue weighted by Crippen LogP contribution is -1.38. The van der Waals surface area contributed by atoms with Crippen LogP contribution in [0, 0.1) is 4.78 Å². The third-order valence-corrected chi connectivity index (χ3v) is 1.50. The molecule has 1 heterocycles. The molecule has 1 aromatic rings. The average molecular weight is 201 g/mol. The van der Waals surface area contributed by atoms with Crippen LogP contribution in [0.15, 0.2) is 47.2 Å². The predicted octanol–water partition coefficient (Wildman–Crippen LogP) is 2.30. The van der Waals surface area contributed by atoms with Crippen molar-refractivity contribution in [1.29, 1.82) is 4.78 Å². The molecule has 0 bridgehead atoms. The van der Waals surface area contributed by atoms with Crippen LogP contribution in [0.4, 0.5) is 0 Å². The van der Waals surface area contributed by atoms with Gasteiger partial charge in [0.05, 0.1) is 0 Å². The second-order valence-electron chi connectivity index (χ2n) is 1.67. The number of hydrogen-bond acceptors (Lipinski definition) is 3. The summed E-state index contributed by atoms with van der Waals surface area (Å²) in [6, 6.07) is 12.1. The summed E-state index contributed by atoms with van der Waals surface area (Å²) in [5, 5.41) is 4.08. The summed E-state index contributed by atoms with van der Waals surface area (Å²) in [6.07, 6.45) is 0. The summed E-state index contributed by atoms with van der Waals surface area (Å²) >= 11 is 0.762. The SMILES string of the molecule is N=[SH2]=O.c1ccccsccc1. The first-order valence-corrected chi connectivity index (χ1v) is 5.11. The number of rotatable bonds is 0. The van der Waals surface area contributed by atoms with Gasteiger partial charge >= 0.3 is 0 Å². The van der Waals surface area contributed by atoms with Crippen LogP contribution < -0.4 is 0 Å². The van der Waals surface area contributed by atoms with E-state index in [1.54, 1.807) is 11.3 Å². The van der Waals surface area contributed by atoms with Crippen molar-refractivity contribution in [3.63, 3.8) is 0 Å². The molecule has 4 heteroatoms. The Bertz CT molecular complexity index is 203. The van der Waals surface area contributed by atoms with Gasteiger partial charge < -0.3 is 0 Å². The number of hydrogen-bond donors (Lipinski definition) is 1. The molecule has 0 aliphatic heterocycles. The van der Waals surface area contributed by atoms with Gasteiger partial charge in [-0.2, -0.15) is 11.3 Å². The maximum atomic E-state index is 8.62. The van der Waals surface area contributed by atoms with Crippen molar-refractivity contribution in [2.45, 2.75) is 0 Å².